The highest BCUT2D eigenvalue weighted by Crippen LogP contribution is 2.25. The number of nitrogen functional groups attached to an aromatic ring is 1. The van der Waals surface area contributed by atoms with Crippen molar-refractivity contribution in [2.75, 3.05) is 12.8 Å². The van der Waals surface area contributed by atoms with Crippen LogP contribution in [0.5, 0.6) is 5.75 Å². The molecule has 1 rings (SSSR count). The van der Waals surface area contributed by atoms with Crippen molar-refractivity contribution in [2.24, 2.45) is 0 Å². The first-order chi connectivity index (χ1) is 7.06. The molecule has 0 atom stereocenters. The molecule has 4 nitrogen and oxygen atoms in total. The minimum Gasteiger partial charge on any atom is -0.496 e. The first kappa shape index (κ1) is 11.4. The van der Waals surface area contributed by atoms with Crippen molar-refractivity contribution in [1.82, 2.24) is 0 Å². The highest BCUT2D eigenvalue weighted by molar-refractivity contribution is 5.98. The second-order valence-corrected chi connectivity index (χ2v) is 3.38. The molecule has 0 aromatic heterocycles. The number of carbonyl (C=O) groups excluding carboxylic acids is 1. The molecule has 1 aromatic carbocycles. The lowest BCUT2D eigenvalue weighted by Crippen LogP contribution is -2.14. The van der Waals surface area contributed by atoms with Crippen LogP contribution in [0.15, 0.2) is 18.2 Å². The summed E-state index contributed by atoms with van der Waals surface area (Å²) in [4.78, 5) is 11.7. The molecule has 15 heavy (non-hydrogen) atoms. The molecule has 0 saturated heterocycles. The molecule has 4 heteroatoms. The summed E-state index contributed by atoms with van der Waals surface area (Å²) in [7, 11) is 1.49. The van der Waals surface area contributed by atoms with Gasteiger partial charge in [-0.1, -0.05) is 6.07 Å². The van der Waals surface area contributed by atoms with Gasteiger partial charge in [-0.25, -0.2) is 4.79 Å². The summed E-state index contributed by atoms with van der Waals surface area (Å²) < 4.78 is 10.1. The normalized spacial score (nSPS) is 10.1. The Bertz CT molecular complexity index is 361. The molecule has 0 heterocycles. The zero-order valence-electron chi connectivity index (χ0n) is 9.11. The number of rotatable bonds is 3. The zero-order chi connectivity index (χ0) is 11.4. The van der Waals surface area contributed by atoms with Gasteiger partial charge in [0.05, 0.1) is 13.2 Å². The second-order valence-electron chi connectivity index (χ2n) is 3.38. The fourth-order valence-corrected chi connectivity index (χ4v) is 1.21. The van der Waals surface area contributed by atoms with Crippen molar-refractivity contribution in [3.8, 4) is 5.75 Å². The third kappa shape index (κ3) is 2.62. The smallest absolute Gasteiger partial charge is 0.344 e. The van der Waals surface area contributed by atoms with Crippen LogP contribution in [0.4, 0.5) is 5.69 Å². The minimum atomic E-state index is -0.458. The largest absolute Gasteiger partial charge is 0.496 e. The summed E-state index contributed by atoms with van der Waals surface area (Å²) >= 11 is 0. The Hall–Kier alpha value is -1.71. The van der Waals surface area contributed by atoms with E-state index < -0.39 is 5.97 Å². The van der Waals surface area contributed by atoms with Crippen molar-refractivity contribution in [3.63, 3.8) is 0 Å². The van der Waals surface area contributed by atoms with Crippen LogP contribution in [0.2, 0.25) is 0 Å². The highest BCUT2D eigenvalue weighted by Gasteiger charge is 2.17. The molecular formula is C11H15NO3. The van der Waals surface area contributed by atoms with Crippen LogP contribution in [-0.4, -0.2) is 19.2 Å². The molecule has 0 radical (unpaired) electrons. The fraction of sp³-hybridized carbons (Fsp3) is 0.364. The van der Waals surface area contributed by atoms with E-state index in [0.717, 1.165) is 0 Å². The maximum Gasteiger partial charge on any atom is 0.344 e. The van der Waals surface area contributed by atoms with Gasteiger partial charge in [-0.05, 0) is 26.0 Å². The van der Waals surface area contributed by atoms with E-state index in [1.54, 1.807) is 32.0 Å². The molecule has 0 saturated carbocycles. The van der Waals surface area contributed by atoms with Gasteiger partial charge in [0, 0.05) is 5.69 Å². The molecular weight excluding hydrogens is 194 g/mol. The molecule has 82 valence electrons. The molecule has 0 amide bonds. The van der Waals surface area contributed by atoms with Crippen LogP contribution in [0.3, 0.4) is 0 Å². The summed E-state index contributed by atoms with van der Waals surface area (Å²) in [6, 6.07) is 5.03. The van der Waals surface area contributed by atoms with E-state index in [0.29, 0.717) is 11.4 Å². The van der Waals surface area contributed by atoms with Crippen molar-refractivity contribution in [3.05, 3.63) is 23.8 Å². The van der Waals surface area contributed by atoms with Gasteiger partial charge >= 0.3 is 5.97 Å². The monoisotopic (exact) mass is 209 g/mol. The number of ether oxygens (including phenoxy) is 2. The van der Waals surface area contributed by atoms with Crippen molar-refractivity contribution in [1.29, 1.82) is 0 Å². The topological polar surface area (TPSA) is 61.5 Å². The summed E-state index contributed by atoms with van der Waals surface area (Å²) in [5, 5.41) is 0. The quantitative estimate of drug-likeness (QED) is 0.609. The predicted molar refractivity (Wildman–Crippen MR) is 58.0 cm³/mol. The third-order valence-corrected chi connectivity index (χ3v) is 1.83. The van der Waals surface area contributed by atoms with Gasteiger partial charge in [0.25, 0.3) is 0 Å². The van der Waals surface area contributed by atoms with Crippen LogP contribution >= 0.6 is 0 Å². The lowest BCUT2D eigenvalue weighted by molar-refractivity contribution is 0.0376. The Labute approximate surface area is 89.0 Å². The average Bonchev–Trinajstić information content (AvgIpc) is 2.15. The van der Waals surface area contributed by atoms with Gasteiger partial charge in [0.15, 0.2) is 0 Å². The Morgan fingerprint density at radius 3 is 2.60 bits per heavy atom. The molecule has 0 unspecified atom stereocenters. The summed E-state index contributed by atoms with van der Waals surface area (Å²) in [6.07, 6.45) is -0.179. The SMILES string of the molecule is COc1cccc(N)c1C(=O)OC(C)C. The Balaban J connectivity index is 3.06. The van der Waals surface area contributed by atoms with Gasteiger partial charge in [-0.15, -0.1) is 0 Å². The molecule has 1 aromatic rings. The number of nitrogens with two attached hydrogens (primary N) is 1. The van der Waals surface area contributed by atoms with Gasteiger partial charge in [0.2, 0.25) is 0 Å². The molecule has 0 aliphatic carbocycles. The Morgan fingerprint density at radius 2 is 2.07 bits per heavy atom. The summed E-state index contributed by atoms with van der Waals surface area (Å²) in [5.41, 5.74) is 6.34. The highest BCUT2D eigenvalue weighted by atomic mass is 16.5. The summed E-state index contributed by atoms with van der Waals surface area (Å²) in [6.45, 7) is 3.56. The van der Waals surface area contributed by atoms with Crippen molar-refractivity contribution < 1.29 is 14.3 Å². The van der Waals surface area contributed by atoms with Crippen LogP contribution < -0.4 is 10.5 Å². The molecule has 2 N–H and O–H groups in total. The minimum absolute atomic E-state index is 0.179. The third-order valence-electron chi connectivity index (χ3n) is 1.83. The maximum absolute atomic E-state index is 11.7. The van der Waals surface area contributed by atoms with Gasteiger partial charge in [-0.2, -0.15) is 0 Å². The number of methoxy groups -OCH3 is 1. The lowest BCUT2D eigenvalue weighted by Gasteiger charge is -2.12. The number of esters is 1. The second kappa shape index (κ2) is 4.68. The molecule has 0 aliphatic rings. The first-order valence-electron chi connectivity index (χ1n) is 4.69. The average molecular weight is 209 g/mol. The van der Waals surface area contributed by atoms with E-state index in [1.807, 2.05) is 0 Å². The van der Waals surface area contributed by atoms with Crippen LogP contribution in [-0.2, 0) is 4.74 Å². The molecule has 0 aliphatic heterocycles. The van der Waals surface area contributed by atoms with Crippen LogP contribution in [0.25, 0.3) is 0 Å². The molecule has 0 spiro atoms. The maximum atomic E-state index is 11.7. The number of hydrogen-bond acceptors (Lipinski definition) is 4. The van der Waals surface area contributed by atoms with Gasteiger partial charge < -0.3 is 15.2 Å². The van der Waals surface area contributed by atoms with E-state index >= 15 is 0 Å². The number of anilines is 1. The zero-order valence-corrected chi connectivity index (χ0v) is 9.11. The van der Waals surface area contributed by atoms with E-state index in [-0.39, 0.29) is 11.7 Å². The Kier molecular flexibility index (Phi) is 3.55. The Morgan fingerprint density at radius 1 is 1.40 bits per heavy atom. The van der Waals surface area contributed by atoms with E-state index in [2.05, 4.69) is 0 Å². The molecule has 0 fully saturated rings. The van der Waals surface area contributed by atoms with E-state index in [4.69, 9.17) is 15.2 Å². The number of benzene rings is 1. The van der Waals surface area contributed by atoms with E-state index in [9.17, 15) is 4.79 Å². The van der Waals surface area contributed by atoms with Gasteiger partial charge in [0.1, 0.15) is 11.3 Å². The summed E-state index contributed by atoms with van der Waals surface area (Å²) in [5.74, 6) is -0.0272. The fourth-order valence-electron chi connectivity index (χ4n) is 1.21. The van der Waals surface area contributed by atoms with Gasteiger partial charge in [-0.3, -0.25) is 0 Å². The molecule has 0 bridgehead atoms. The number of carbonyl (C=O) groups is 1. The number of hydrogen-bond donors (Lipinski definition) is 1. The van der Waals surface area contributed by atoms with Crippen molar-refractivity contribution >= 4 is 11.7 Å². The van der Waals surface area contributed by atoms with Crippen molar-refractivity contribution in [2.45, 2.75) is 20.0 Å². The van der Waals surface area contributed by atoms with Crippen LogP contribution in [0.1, 0.15) is 24.2 Å². The van der Waals surface area contributed by atoms with Crippen LogP contribution in [0, 0.1) is 0 Å². The first-order valence-corrected chi connectivity index (χ1v) is 4.69. The standard InChI is InChI=1S/C11H15NO3/c1-7(2)15-11(13)10-8(12)5-4-6-9(10)14-3/h4-7H,12H2,1-3H3. The lowest BCUT2D eigenvalue weighted by atomic mass is 10.1. The predicted octanol–water partition coefficient (Wildman–Crippen LogP) is 1.84. The van der Waals surface area contributed by atoms with E-state index in [1.165, 1.54) is 7.11 Å².